The van der Waals surface area contributed by atoms with Crippen molar-refractivity contribution in [1.29, 1.82) is 5.26 Å². The van der Waals surface area contributed by atoms with Crippen molar-refractivity contribution in [3.05, 3.63) is 53.2 Å². The van der Waals surface area contributed by atoms with Gasteiger partial charge in [-0.2, -0.15) is 10.2 Å². The van der Waals surface area contributed by atoms with E-state index in [4.69, 9.17) is 4.74 Å². The number of hydrogen-bond acceptors (Lipinski definition) is 4. The van der Waals surface area contributed by atoms with Gasteiger partial charge in [0.2, 0.25) is 5.88 Å². The topological polar surface area (TPSA) is 58.8 Å². The molecule has 23 heavy (non-hydrogen) atoms. The highest BCUT2D eigenvalue weighted by atomic mass is 16.5. The summed E-state index contributed by atoms with van der Waals surface area (Å²) in [5.41, 5.74) is 4.85. The van der Waals surface area contributed by atoms with E-state index in [2.05, 4.69) is 16.0 Å². The van der Waals surface area contributed by atoms with E-state index in [0.29, 0.717) is 23.7 Å². The van der Waals surface area contributed by atoms with Gasteiger partial charge in [-0.25, -0.2) is 4.98 Å². The Labute approximate surface area is 135 Å². The molecule has 2 aromatic heterocycles. The minimum atomic E-state index is 0.345. The first-order valence-electron chi connectivity index (χ1n) is 7.56. The molecule has 3 aromatic rings. The first kappa shape index (κ1) is 15.0. The first-order valence-corrected chi connectivity index (χ1v) is 7.56. The number of fused-ring (bicyclic) bond motifs is 1. The summed E-state index contributed by atoms with van der Waals surface area (Å²) in [4.78, 5) is 9.05. The van der Waals surface area contributed by atoms with E-state index in [0.717, 1.165) is 27.8 Å². The number of pyridine rings is 2. The zero-order valence-corrected chi connectivity index (χ0v) is 13.4. The van der Waals surface area contributed by atoms with Crippen molar-refractivity contribution in [1.82, 2.24) is 9.97 Å². The lowest BCUT2D eigenvalue weighted by Crippen LogP contribution is -2.02. The third-order valence-electron chi connectivity index (χ3n) is 3.84. The van der Waals surface area contributed by atoms with Crippen LogP contribution in [0.5, 0.6) is 5.88 Å². The standard InChI is InChI=1S/C19H17N3O/c1-4-23-19-16(11-20)17(14-8-6-5-7-9-14)15-10-12(2)13(3)21-18(15)22-19/h5-10H,4H2,1-3H3. The monoisotopic (exact) mass is 303 g/mol. The smallest absolute Gasteiger partial charge is 0.234 e. The average Bonchev–Trinajstić information content (AvgIpc) is 2.56. The van der Waals surface area contributed by atoms with Gasteiger partial charge in [-0.1, -0.05) is 30.3 Å². The maximum absolute atomic E-state index is 9.68. The van der Waals surface area contributed by atoms with Crippen LogP contribution in [0.2, 0.25) is 0 Å². The van der Waals surface area contributed by atoms with Crippen molar-refractivity contribution in [3.8, 4) is 23.1 Å². The number of hydrogen-bond donors (Lipinski definition) is 0. The van der Waals surface area contributed by atoms with E-state index in [1.54, 1.807) is 0 Å². The van der Waals surface area contributed by atoms with Gasteiger partial charge in [0.1, 0.15) is 11.6 Å². The number of benzene rings is 1. The Kier molecular flexibility index (Phi) is 3.94. The molecule has 4 nitrogen and oxygen atoms in total. The van der Waals surface area contributed by atoms with E-state index in [9.17, 15) is 5.26 Å². The van der Waals surface area contributed by atoms with E-state index in [-0.39, 0.29) is 0 Å². The van der Waals surface area contributed by atoms with Crippen molar-refractivity contribution >= 4 is 11.0 Å². The predicted molar refractivity (Wildman–Crippen MR) is 90.3 cm³/mol. The van der Waals surface area contributed by atoms with Crippen LogP contribution >= 0.6 is 0 Å². The van der Waals surface area contributed by atoms with Crippen LogP contribution in [0.4, 0.5) is 0 Å². The average molecular weight is 303 g/mol. The van der Waals surface area contributed by atoms with Crippen molar-refractivity contribution in [2.45, 2.75) is 20.8 Å². The largest absolute Gasteiger partial charge is 0.477 e. The fourth-order valence-corrected chi connectivity index (χ4v) is 2.61. The van der Waals surface area contributed by atoms with Crippen molar-refractivity contribution < 1.29 is 4.74 Å². The highest BCUT2D eigenvalue weighted by molar-refractivity contribution is 5.97. The fraction of sp³-hybridized carbons (Fsp3) is 0.211. The van der Waals surface area contributed by atoms with Crippen LogP contribution in [0.3, 0.4) is 0 Å². The Morgan fingerprint density at radius 2 is 1.87 bits per heavy atom. The third kappa shape index (κ3) is 2.62. The van der Waals surface area contributed by atoms with E-state index >= 15 is 0 Å². The molecule has 0 spiro atoms. The van der Waals surface area contributed by atoms with Crippen molar-refractivity contribution in [2.24, 2.45) is 0 Å². The summed E-state index contributed by atoms with van der Waals surface area (Å²) in [5, 5.41) is 10.6. The molecule has 2 heterocycles. The molecule has 0 aliphatic carbocycles. The number of nitriles is 1. The van der Waals surface area contributed by atoms with Crippen LogP contribution in [0, 0.1) is 25.2 Å². The van der Waals surface area contributed by atoms with E-state index < -0.39 is 0 Å². The van der Waals surface area contributed by atoms with Crippen LogP contribution in [0.25, 0.3) is 22.2 Å². The SMILES string of the molecule is CCOc1nc2nc(C)c(C)cc2c(-c2ccccc2)c1C#N. The quantitative estimate of drug-likeness (QED) is 0.728. The van der Waals surface area contributed by atoms with Gasteiger partial charge in [0.05, 0.1) is 6.61 Å². The summed E-state index contributed by atoms with van der Waals surface area (Å²) in [6, 6.07) is 14.1. The fourth-order valence-electron chi connectivity index (χ4n) is 2.61. The second kappa shape index (κ2) is 6.05. The summed E-state index contributed by atoms with van der Waals surface area (Å²) < 4.78 is 5.59. The summed E-state index contributed by atoms with van der Waals surface area (Å²) in [5.74, 6) is 0.345. The molecular weight excluding hydrogens is 286 g/mol. The van der Waals surface area contributed by atoms with Gasteiger partial charge in [-0.05, 0) is 38.0 Å². The predicted octanol–water partition coefficient (Wildman–Crippen LogP) is 4.18. The highest BCUT2D eigenvalue weighted by Gasteiger charge is 2.19. The second-order valence-electron chi connectivity index (χ2n) is 5.34. The molecule has 0 saturated heterocycles. The lowest BCUT2D eigenvalue weighted by Gasteiger charge is -2.14. The molecule has 0 bridgehead atoms. The van der Waals surface area contributed by atoms with E-state index in [1.807, 2.05) is 57.2 Å². The van der Waals surface area contributed by atoms with Crippen LogP contribution in [0.1, 0.15) is 23.7 Å². The Morgan fingerprint density at radius 3 is 2.52 bits per heavy atom. The molecule has 0 unspecified atom stereocenters. The third-order valence-corrected chi connectivity index (χ3v) is 3.84. The first-order chi connectivity index (χ1) is 11.2. The number of aryl methyl sites for hydroxylation is 2. The number of aromatic nitrogens is 2. The van der Waals surface area contributed by atoms with Crippen LogP contribution < -0.4 is 4.74 Å². The molecule has 114 valence electrons. The van der Waals surface area contributed by atoms with Gasteiger partial charge in [0, 0.05) is 16.6 Å². The molecule has 0 atom stereocenters. The molecule has 0 radical (unpaired) electrons. The molecule has 0 saturated carbocycles. The van der Waals surface area contributed by atoms with E-state index in [1.165, 1.54) is 0 Å². The number of nitrogens with zero attached hydrogens (tertiary/aromatic N) is 3. The maximum atomic E-state index is 9.68. The molecule has 4 heteroatoms. The lowest BCUT2D eigenvalue weighted by molar-refractivity contribution is 0.327. The summed E-state index contributed by atoms with van der Waals surface area (Å²) in [6.07, 6.45) is 0. The highest BCUT2D eigenvalue weighted by Crippen LogP contribution is 2.35. The molecule has 0 amide bonds. The Balaban J connectivity index is 2.46. The molecule has 1 aromatic carbocycles. The number of ether oxygens (including phenoxy) is 1. The summed E-state index contributed by atoms with van der Waals surface area (Å²) >= 11 is 0. The molecule has 0 aliphatic rings. The van der Waals surface area contributed by atoms with Crippen LogP contribution in [0.15, 0.2) is 36.4 Å². The van der Waals surface area contributed by atoms with Crippen molar-refractivity contribution in [3.63, 3.8) is 0 Å². The van der Waals surface area contributed by atoms with Gasteiger partial charge in [-0.3, -0.25) is 0 Å². The lowest BCUT2D eigenvalue weighted by atomic mass is 9.97. The minimum Gasteiger partial charge on any atom is -0.477 e. The summed E-state index contributed by atoms with van der Waals surface area (Å²) in [7, 11) is 0. The zero-order valence-electron chi connectivity index (χ0n) is 13.4. The molecule has 0 aliphatic heterocycles. The van der Waals surface area contributed by atoms with Gasteiger partial charge in [-0.15, -0.1) is 0 Å². The summed E-state index contributed by atoms with van der Waals surface area (Å²) in [6.45, 7) is 6.30. The van der Waals surface area contributed by atoms with Gasteiger partial charge >= 0.3 is 0 Å². The molecular formula is C19H17N3O. The number of rotatable bonds is 3. The normalized spacial score (nSPS) is 10.5. The Bertz CT molecular complexity index is 912. The second-order valence-corrected chi connectivity index (χ2v) is 5.34. The van der Waals surface area contributed by atoms with Gasteiger partial charge in [0.25, 0.3) is 0 Å². The maximum Gasteiger partial charge on any atom is 0.234 e. The molecule has 0 fully saturated rings. The minimum absolute atomic E-state index is 0.345. The van der Waals surface area contributed by atoms with Crippen LogP contribution in [-0.2, 0) is 0 Å². The Hall–Kier alpha value is -2.93. The van der Waals surface area contributed by atoms with Gasteiger partial charge in [0.15, 0.2) is 5.65 Å². The Morgan fingerprint density at radius 1 is 1.13 bits per heavy atom. The molecule has 3 rings (SSSR count). The molecule has 0 N–H and O–H groups in total. The van der Waals surface area contributed by atoms with Crippen LogP contribution in [-0.4, -0.2) is 16.6 Å². The van der Waals surface area contributed by atoms with Crippen molar-refractivity contribution in [2.75, 3.05) is 6.61 Å². The zero-order chi connectivity index (χ0) is 16.4. The van der Waals surface area contributed by atoms with Gasteiger partial charge < -0.3 is 4.74 Å².